The van der Waals surface area contributed by atoms with Gasteiger partial charge >= 0.3 is 0 Å². The third-order valence-electron chi connectivity index (χ3n) is 1.03. The Morgan fingerprint density at radius 2 is 2.30 bits per heavy atom. The van der Waals surface area contributed by atoms with E-state index < -0.39 is 0 Å². The number of carbonyl (C=O) groups excluding carboxylic acids is 2. The normalized spacial score (nSPS) is 11.1. The Kier molecular flexibility index (Phi) is 4.11. The Morgan fingerprint density at radius 3 is 2.60 bits per heavy atom. The molecule has 0 spiro atoms. The van der Waals surface area contributed by atoms with Crippen LogP contribution < -0.4 is 0 Å². The van der Waals surface area contributed by atoms with Gasteiger partial charge < -0.3 is 10.0 Å². The smallest absolute Gasteiger partial charge is 0.177 e. The highest BCUT2D eigenvalue weighted by atomic mass is 16.4. The highest BCUT2D eigenvalue weighted by molar-refractivity contribution is 6.38. The highest BCUT2D eigenvalue weighted by Gasteiger charge is 2.04. The predicted octanol–water partition coefficient (Wildman–Crippen LogP) is 0.385. The van der Waals surface area contributed by atoms with E-state index in [0.29, 0.717) is 6.29 Å². The van der Waals surface area contributed by atoms with E-state index in [-0.39, 0.29) is 24.3 Å². The SMILES string of the molecule is CC(=O)/C(CCC=O)=N/O. The van der Waals surface area contributed by atoms with E-state index in [1.807, 2.05) is 0 Å². The van der Waals surface area contributed by atoms with Gasteiger partial charge in [0.25, 0.3) is 0 Å². The first-order valence-corrected chi connectivity index (χ1v) is 2.88. The largest absolute Gasteiger partial charge is 0.411 e. The van der Waals surface area contributed by atoms with E-state index in [1.54, 1.807) is 0 Å². The maximum atomic E-state index is 10.5. The minimum atomic E-state index is -0.302. The summed E-state index contributed by atoms with van der Waals surface area (Å²) >= 11 is 0. The Balaban J connectivity index is 3.85. The molecule has 1 N–H and O–H groups in total. The quantitative estimate of drug-likeness (QED) is 0.268. The van der Waals surface area contributed by atoms with Crippen LogP contribution in [0.3, 0.4) is 0 Å². The van der Waals surface area contributed by atoms with Gasteiger partial charge in [-0.1, -0.05) is 5.16 Å². The van der Waals surface area contributed by atoms with E-state index in [4.69, 9.17) is 5.21 Å². The molecule has 0 saturated carbocycles. The number of hydrogen-bond acceptors (Lipinski definition) is 4. The maximum Gasteiger partial charge on any atom is 0.177 e. The number of oxime groups is 1. The standard InChI is InChI=1S/C6H9NO3/c1-5(9)6(7-10)3-2-4-8/h4,10H,2-3H2,1H3/b7-6+. The lowest BCUT2D eigenvalue weighted by molar-refractivity contribution is -0.111. The van der Waals surface area contributed by atoms with Crippen molar-refractivity contribution in [2.75, 3.05) is 0 Å². The van der Waals surface area contributed by atoms with Gasteiger partial charge in [0.15, 0.2) is 5.78 Å². The lowest BCUT2D eigenvalue weighted by atomic mass is 10.2. The first kappa shape index (κ1) is 8.81. The monoisotopic (exact) mass is 143 g/mol. The van der Waals surface area contributed by atoms with Crippen LogP contribution in [-0.2, 0) is 9.59 Å². The fourth-order valence-electron chi connectivity index (χ4n) is 0.492. The summed E-state index contributed by atoms with van der Waals surface area (Å²) in [5.74, 6) is -0.302. The Hall–Kier alpha value is -1.19. The van der Waals surface area contributed by atoms with Crippen molar-refractivity contribution >= 4 is 17.8 Å². The van der Waals surface area contributed by atoms with Crippen LogP contribution in [0.4, 0.5) is 0 Å². The molecule has 0 amide bonds. The van der Waals surface area contributed by atoms with Gasteiger partial charge in [0.05, 0.1) is 0 Å². The highest BCUT2D eigenvalue weighted by Crippen LogP contribution is 1.91. The van der Waals surface area contributed by atoms with Crippen molar-refractivity contribution in [3.05, 3.63) is 0 Å². The van der Waals surface area contributed by atoms with Gasteiger partial charge in [-0.15, -0.1) is 0 Å². The molecule has 56 valence electrons. The summed E-state index contributed by atoms with van der Waals surface area (Å²) < 4.78 is 0. The number of nitrogens with zero attached hydrogens (tertiary/aromatic N) is 1. The number of rotatable bonds is 4. The van der Waals surface area contributed by atoms with Crippen LogP contribution in [0.1, 0.15) is 19.8 Å². The molecule has 0 aromatic carbocycles. The number of aldehydes is 1. The minimum absolute atomic E-state index is 0.0482. The molecule has 0 aromatic rings. The second kappa shape index (κ2) is 4.67. The summed E-state index contributed by atoms with van der Waals surface area (Å²) in [5, 5.41) is 10.9. The summed E-state index contributed by atoms with van der Waals surface area (Å²) in [7, 11) is 0. The summed E-state index contributed by atoms with van der Waals surface area (Å²) in [5.41, 5.74) is 0.0482. The summed E-state index contributed by atoms with van der Waals surface area (Å²) in [6.45, 7) is 1.29. The minimum Gasteiger partial charge on any atom is -0.411 e. The number of ketones is 1. The topological polar surface area (TPSA) is 66.7 Å². The van der Waals surface area contributed by atoms with Crippen LogP contribution in [0.15, 0.2) is 5.16 Å². The van der Waals surface area contributed by atoms with Crippen molar-refractivity contribution < 1.29 is 14.8 Å². The van der Waals surface area contributed by atoms with Gasteiger partial charge in [0.1, 0.15) is 12.0 Å². The number of carbonyl (C=O) groups is 2. The summed E-state index contributed by atoms with van der Waals surface area (Å²) in [6.07, 6.45) is 1.11. The van der Waals surface area contributed by atoms with Crippen LogP contribution in [0, 0.1) is 0 Å². The van der Waals surface area contributed by atoms with Gasteiger partial charge in [-0.25, -0.2) is 0 Å². The summed E-state index contributed by atoms with van der Waals surface area (Å²) in [6, 6.07) is 0. The molecular formula is C6H9NO3. The summed E-state index contributed by atoms with van der Waals surface area (Å²) in [4.78, 5) is 20.3. The van der Waals surface area contributed by atoms with E-state index in [0.717, 1.165) is 0 Å². The molecule has 0 aromatic heterocycles. The maximum absolute atomic E-state index is 10.5. The van der Waals surface area contributed by atoms with E-state index in [2.05, 4.69) is 5.16 Å². The molecule has 4 heteroatoms. The zero-order valence-corrected chi connectivity index (χ0v) is 5.70. The first-order valence-electron chi connectivity index (χ1n) is 2.88. The molecule has 4 nitrogen and oxygen atoms in total. The molecule has 0 aliphatic rings. The third kappa shape index (κ3) is 2.96. The van der Waals surface area contributed by atoms with Crippen molar-refractivity contribution in [2.45, 2.75) is 19.8 Å². The van der Waals surface area contributed by atoms with Gasteiger partial charge in [0, 0.05) is 19.8 Å². The van der Waals surface area contributed by atoms with Crippen molar-refractivity contribution in [1.29, 1.82) is 0 Å². The molecule has 0 rings (SSSR count). The molecule has 0 bridgehead atoms. The molecular weight excluding hydrogens is 134 g/mol. The van der Waals surface area contributed by atoms with Crippen LogP contribution in [0.25, 0.3) is 0 Å². The molecule has 0 fully saturated rings. The second-order valence-electron chi connectivity index (χ2n) is 1.81. The van der Waals surface area contributed by atoms with Crippen molar-refractivity contribution in [1.82, 2.24) is 0 Å². The Labute approximate surface area is 58.5 Å². The van der Waals surface area contributed by atoms with Gasteiger partial charge in [-0.2, -0.15) is 0 Å². The van der Waals surface area contributed by atoms with Crippen LogP contribution >= 0.6 is 0 Å². The zero-order chi connectivity index (χ0) is 7.98. The van der Waals surface area contributed by atoms with Gasteiger partial charge in [-0.05, 0) is 0 Å². The van der Waals surface area contributed by atoms with Crippen molar-refractivity contribution in [3.8, 4) is 0 Å². The van der Waals surface area contributed by atoms with Crippen molar-refractivity contribution in [2.24, 2.45) is 5.16 Å². The third-order valence-corrected chi connectivity index (χ3v) is 1.03. The van der Waals surface area contributed by atoms with Crippen LogP contribution in [0.5, 0.6) is 0 Å². The first-order chi connectivity index (χ1) is 4.72. The van der Waals surface area contributed by atoms with Gasteiger partial charge in [-0.3, -0.25) is 4.79 Å². The molecule has 0 saturated heterocycles. The van der Waals surface area contributed by atoms with E-state index in [1.165, 1.54) is 6.92 Å². The average Bonchev–Trinajstić information content (AvgIpc) is 1.89. The fraction of sp³-hybridized carbons (Fsp3) is 0.500. The van der Waals surface area contributed by atoms with E-state index in [9.17, 15) is 9.59 Å². The Bertz CT molecular complexity index is 162. The average molecular weight is 143 g/mol. The zero-order valence-electron chi connectivity index (χ0n) is 5.70. The lowest BCUT2D eigenvalue weighted by Crippen LogP contribution is -2.09. The molecule has 0 aliphatic carbocycles. The molecule has 0 heterocycles. The lowest BCUT2D eigenvalue weighted by Gasteiger charge is -1.92. The molecule has 0 radical (unpaired) electrons. The molecule has 0 atom stereocenters. The van der Waals surface area contributed by atoms with E-state index >= 15 is 0 Å². The number of Topliss-reactive ketones (excluding diaryl/α,β-unsaturated/α-hetero) is 1. The van der Waals surface area contributed by atoms with Crippen LogP contribution in [0.2, 0.25) is 0 Å². The van der Waals surface area contributed by atoms with Crippen LogP contribution in [-0.4, -0.2) is 23.0 Å². The van der Waals surface area contributed by atoms with Gasteiger partial charge in [0.2, 0.25) is 0 Å². The molecule has 0 unspecified atom stereocenters. The molecule has 0 aliphatic heterocycles. The number of hydrogen-bond donors (Lipinski definition) is 1. The van der Waals surface area contributed by atoms with Crippen molar-refractivity contribution in [3.63, 3.8) is 0 Å². The second-order valence-corrected chi connectivity index (χ2v) is 1.81. The Morgan fingerprint density at radius 1 is 1.70 bits per heavy atom. The predicted molar refractivity (Wildman–Crippen MR) is 35.2 cm³/mol. The fourth-order valence-corrected chi connectivity index (χ4v) is 0.492. The molecule has 10 heavy (non-hydrogen) atoms.